The molecule has 0 unspecified atom stereocenters. The second-order valence-corrected chi connectivity index (χ2v) is 8.14. The van der Waals surface area contributed by atoms with Gasteiger partial charge in [-0.05, 0) is 29.8 Å². The second kappa shape index (κ2) is 6.41. The molecule has 0 radical (unpaired) electrons. The number of hydrogen-bond donors (Lipinski definition) is 2. The van der Waals surface area contributed by atoms with E-state index in [1.54, 1.807) is 29.2 Å². The topological polar surface area (TPSA) is 77.8 Å². The van der Waals surface area contributed by atoms with Gasteiger partial charge in [0.05, 0.1) is 23.7 Å². The fourth-order valence-corrected chi connectivity index (χ4v) is 4.81. The van der Waals surface area contributed by atoms with E-state index >= 15 is 0 Å². The van der Waals surface area contributed by atoms with E-state index < -0.39 is 22.0 Å². The van der Waals surface area contributed by atoms with Gasteiger partial charge in [-0.15, -0.1) is 0 Å². The largest absolute Gasteiger partial charge is 0.508 e. The Bertz CT molecular complexity index is 840. The van der Waals surface area contributed by atoms with Crippen LogP contribution >= 0.6 is 0 Å². The van der Waals surface area contributed by atoms with Crippen molar-refractivity contribution < 1.29 is 23.0 Å². The highest BCUT2D eigenvalue weighted by molar-refractivity contribution is 7.91. The molecule has 0 aromatic heterocycles. The number of sulfone groups is 1. The van der Waals surface area contributed by atoms with Crippen LogP contribution in [0.2, 0.25) is 0 Å². The van der Waals surface area contributed by atoms with E-state index in [2.05, 4.69) is 0 Å². The smallest absolute Gasteiger partial charge is 0.155 e. The highest BCUT2D eigenvalue weighted by atomic mass is 32.2. The summed E-state index contributed by atoms with van der Waals surface area (Å²) >= 11 is 0. The first kappa shape index (κ1) is 16.7. The number of rotatable bonds is 4. The highest BCUT2D eigenvalue weighted by Crippen LogP contribution is 2.29. The van der Waals surface area contributed by atoms with Gasteiger partial charge in [-0.1, -0.05) is 18.2 Å². The predicted molar refractivity (Wildman–Crippen MR) is 89.1 cm³/mol. The summed E-state index contributed by atoms with van der Waals surface area (Å²) in [6.45, 7) is 0.221. The summed E-state index contributed by atoms with van der Waals surface area (Å²) < 4.78 is 37.2. The lowest BCUT2D eigenvalue weighted by Gasteiger charge is -2.32. The molecular weight excluding hydrogens is 333 g/mol. The van der Waals surface area contributed by atoms with Crippen molar-refractivity contribution in [1.82, 2.24) is 0 Å². The molecule has 2 N–H and O–H groups in total. The summed E-state index contributed by atoms with van der Waals surface area (Å²) in [7, 11) is -3.34. The van der Waals surface area contributed by atoms with Crippen molar-refractivity contribution in [3.05, 3.63) is 59.9 Å². The predicted octanol–water partition coefficient (Wildman–Crippen LogP) is 1.70. The number of halogens is 1. The molecular formula is C17H18FNO4S. The van der Waals surface area contributed by atoms with Crippen LogP contribution < -0.4 is 4.90 Å². The first-order chi connectivity index (χ1) is 11.3. The zero-order valence-corrected chi connectivity index (χ0v) is 13.7. The Labute approximate surface area is 139 Å². The van der Waals surface area contributed by atoms with Crippen LogP contribution in [0.15, 0.2) is 48.5 Å². The summed E-state index contributed by atoms with van der Waals surface area (Å²) in [5, 5.41) is 19.9. The van der Waals surface area contributed by atoms with Gasteiger partial charge in [0.2, 0.25) is 0 Å². The number of benzene rings is 2. The van der Waals surface area contributed by atoms with Crippen LogP contribution in [-0.4, -0.2) is 42.3 Å². The van der Waals surface area contributed by atoms with Gasteiger partial charge in [0.15, 0.2) is 9.84 Å². The lowest BCUT2D eigenvalue weighted by Crippen LogP contribution is -2.42. The van der Waals surface area contributed by atoms with Crippen molar-refractivity contribution in [2.45, 2.75) is 18.7 Å². The molecule has 1 heterocycles. The normalized spacial score (nSPS) is 22.4. The summed E-state index contributed by atoms with van der Waals surface area (Å²) in [5.74, 6) is -0.829. The summed E-state index contributed by atoms with van der Waals surface area (Å²) in [5.41, 5.74) is 1.22. The molecule has 128 valence electrons. The number of aliphatic hydroxyl groups is 1. The summed E-state index contributed by atoms with van der Waals surface area (Å²) in [4.78, 5) is 1.70. The van der Waals surface area contributed by atoms with Crippen molar-refractivity contribution in [1.29, 1.82) is 0 Å². The van der Waals surface area contributed by atoms with Crippen molar-refractivity contribution in [2.75, 3.05) is 16.4 Å². The number of nitrogens with zero attached hydrogens (tertiary/aromatic N) is 1. The molecule has 2 aromatic rings. The second-order valence-electron chi connectivity index (χ2n) is 5.99. The van der Waals surface area contributed by atoms with Crippen LogP contribution in [0.4, 0.5) is 10.1 Å². The molecule has 3 rings (SSSR count). The number of hydrogen-bond acceptors (Lipinski definition) is 5. The van der Waals surface area contributed by atoms with E-state index in [9.17, 15) is 23.0 Å². The first-order valence-corrected chi connectivity index (χ1v) is 9.35. The molecule has 1 aliphatic heterocycles. The Morgan fingerprint density at radius 3 is 2.50 bits per heavy atom. The van der Waals surface area contributed by atoms with Gasteiger partial charge in [0, 0.05) is 18.3 Å². The summed E-state index contributed by atoms with van der Waals surface area (Å²) in [6, 6.07) is 11.7. The standard InChI is InChI=1S/C17H18FNO4S/c18-13-4-1-3-12(7-13)9-19(14-5-2-6-15(20)8-14)16-10-24(22,23)11-17(16)21/h1-8,16-17,20-21H,9-11H2/t16-,17-/m0/s1. The minimum atomic E-state index is -3.34. The molecule has 0 aliphatic carbocycles. The van der Waals surface area contributed by atoms with Crippen molar-refractivity contribution in [3.8, 4) is 5.75 Å². The van der Waals surface area contributed by atoms with Gasteiger partial charge in [-0.2, -0.15) is 0 Å². The van der Waals surface area contributed by atoms with E-state index in [0.717, 1.165) is 0 Å². The Morgan fingerprint density at radius 1 is 1.12 bits per heavy atom. The van der Waals surface area contributed by atoms with Gasteiger partial charge < -0.3 is 15.1 Å². The fourth-order valence-electron chi connectivity index (χ4n) is 3.01. The highest BCUT2D eigenvalue weighted by Gasteiger charge is 2.40. The number of anilines is 1. The SMILES string of the molecule is O=S1(=O)C[C@H](O)[C@@H](N(Cc2cccc(F)c2)c2cccc(O)c2)C1. The van der Waals surface area contributed by atoms with Gasteiger partial charge in [-0.25, -0.2) is 12.8 Å². The zero-order chi connectivity index (χ0) is 17.3. The van der Waals surface area contributed by atoms with Crippen LogP contribution in [0.25, 0.3) is 0 Å². The average molecular weight is 351 g/mol. The maximum Gasteiger partial charge on any atom is 0.155 e. The quantitative estimate of drug-likeness (QED) is 0.877. The molecule has 2 aromatic carbocycles. The monoisotopic (exact) mass is 351 g/mol. The van der Waals surface area contributed by atoms with Crippen LogP contribution in [0, 0.1) is 5.82 Å². The molecule has 7 heteroatoms. The Morgan fingerprint density at radius 2 is 1.88 bits per heavy atom. The maximum atomic E-state index is 13.5. The minimum absolute atomic E-state index is 0.0343. The Hall–Kier alpha value is -2.12. The van der Waals surface area contributed by atoms with E-state index in [4.69, 9.17) is 0 Å². The van der Waals surface area contributed by atoms with E-state index in [-0.39, 0.29) is 29.6 Å². The molecule has 1 aliphatic rings. The maximum absolute atomic E-state index is 13.5. The molecule has 0 bridgehead atoms. The lowest BCUT2D eigenvalue weighted by atomic mass is 10.1. The van der Waals surface area contributed by atoms with Gasteiger partial charge in [0.25, 0.3) is 0 Å². The first-order valence-electron chi connectivity index (χ1n) is 7.53. The van der Waals surface area contributed by atoms with Crippen molar-refractivity contribution in [2.24, 2.45) is 0 Å². The zero-order valence-electron chi connectivity index (χ0n) is 12.8. The van der Waals surface area contributed by atoms with Crippen LogP contribution in [0.1, 0.15) is 5.56 Å². The van der Waals surface area contributed by atoms with E-state index in [1.165, 1.54) is 24.3 Å². The van der Waals surface area contributed by atoms with Gasteiger partial charge in [-0.3, -0.25) is 0 Å². The van der Waals surface area contributed by atoms with Crippen LogP contribution in [-0.2, 0) is 16.4 Å². The van der Waals surface area contributed by atoms with Gasteiger partial charge >= 0.3 is 0 Å². The lowest BCUT2D eigenvalue weighted by molar-refractivity contribution is 0.177. The molecule has 5 nitrogen and oxygen atoms in total. The van der Waals surface area contributed by atoms with E-state index in [1.807, 2.05) is 0 Å². The Balaban J connectivity index is 1.98. The third-order valence-corrected chi connectivity index (χ3v) is 5.80. The minimum Gasteiger partial charge on any atom is -0.508 e. The van der Waals surface area contributed by atoms with Crippen LogP contribution in [0.5, 0.6) is 5.75 Å². The fraction of sp³-hybridized carbons (Fsp3) is 0.294. The molecule has 1 fully saturated rings. The third kappa shape index (κ3) is 3.68. The average Bonchev–Trinajstić information content (AvgIpc) is 2.77. The molecule has 24 heavy (non-hydrogen) atoms. The van der Waals surface area contributed by atoms with Crippen LogP contribution in [0.3, 0.4) is 0 Å². The number of aromatic hydroxyl groups is 1. The summed E-state index contributed by atoms with van der Waals surface area (Å²) in [6.07, 6.45) is -1.04. The number of phenols is 1. The molecule has 0 saturated carbocycles. The Kier molecular flexibility index (Phi) is 4.47. The number of aliphatic hydroxyl groups excluding tert-OH is 1. The van der Waals surface area contributed by atoms with E-state index in [0.29, 0.717) is 11.3 Å². The molecule has 2 atom stereocenters. The van der Waals surface area contributed by atoms with Crippen molar-refractivity contribution >= 4 is 15.5 Å². The number of phenolic OH excluding ortho intramolecular Hbond substituents is 1. The van der Waals surface area contributed by atoms with Crippen molar-refractivity contribution in [3.63, 3.8) is 0 Å². The third-order valence-electron chi connectivity index (χ3n) is 4.10. The molecule has 1 saturated heterocycles. The molecule has 0 spiro atoms. The molecule has 0 amide bonds. The van der Waals surface area contributed by atoms with Gasteiger partial charge in [0.1, 0.15) is 11.6 Å².